The van der Waals surface area contributed by atoms with E-state index in [2.05, 4.69) is 31.0 Å². The summed E-state index contributed by atoms with van der Waals surface area (Å²) in [5.41, 5.74) is 1.79. The van der Waals surface area contributed by atoms with E-state index in [0.29, 0.717) is 6.42 Å². The molecule has 0 amide bonds. The highest BCUT2D eigenvalue weighted by atomic mass is 16.3. The Morgan fingerprint density at radius 3 is 2.50 bits per heavy atom. The maximum atomic E-state index is 10.6. The predicted molar refractivity (Wildman–Crippen MR) is 74.5 cm³/mol. The van der Waals surface area contributed by atoms with E-state index in [1.807, 2.05) is 6.20 Å². The maximum Gasteiger partial charge on any atom is 0.0703 e. The van der Waals surface area contributed by atoms with Crippen LogP contribution >= 0.6 is 0 Å². The van der Waals surface area contributed by atoms with Crippen LogP contribution in [0.15, 0.2) is 18.3 Å². The molecular formula is C16H25NO. The standard InChI is InChI=1S/C16H25NO/c1-3-13-7-9-16(18,10-8-13)11-15-6-5-14(4-2)12-17-15/h5-6,12-13,18H,3-4,7-11H2,1-2H3. The van der Waals surface area contributed by atoms with Gasteiger partial charge in [0.2, 0.25) is 0 Å². The summed E-state index contributed by atoms with van der Waals surface area (Å²) in [5.74, 6) is 0.820. The van der Waals surface area contributed by atoms with Gasteiger partial charge in [0.1, 0.15) is 0 Å². The van der Waals surface area contributed by atoms with Crippen LogP contribution in [0.2, 0.25) is 0 Å². The number of aromatic nitrogens is 1. The Hall–Kier alpha value is -0.890. The Morgan fingerprint density at radius 2 is 2.00 bits per heavy atom. The highest BCUT2D eigenvalue weighted by Gasteiger charge is 2.32. The minimum absolute atomic E-state index is 0.508. The van der Waals surface area contributed by atoms with Crippen molar-refractivity contribution in [3.63, 3.8) is 0 Å². The molecule has 0 aromatic carbocycles. The molecule has 0 radical (unpaired) electrons. The first kappa shape index (κ1) is 13.5. The second-order valence-electron chi connectivity index (χ2n) is 5.76. The fourth-order valence-electron chi connectivity index (χ4n) is 2.91. The third-order valence-corrected chi connectivity index (χ3v) is 4.42. The molecule has 0 unspecified atom stereocenters. The van der Waals surface area contributed by atoms with Crippen molar-refractivity contribution in [2.75, 3.05) is 0 Å². The highest BCUT2D eigenvalue weighted by molar-refractivity contribution is 5.15. The number of aliphatic hydroxyl groups is 1. The molecule has 1 saturated carbocycles. The zero-order valence-corrected chi connectivity index (χ0v) is 11.7. The molecule has 0 spiro atoms. The zero-order valence-electron chi connectivity index (χ0n) is 11.7. The van der Waals surface area contributed by atoms with Crippen LogP contribution < -0.4 is 0 Å². The van der Waals surface area contributed by atoms with Crippen LogP contribution in [-0.4, -0.2) is 15.7 Å². The van der Waals surface area contributed by atoms with E-state index < -0.39 is 5.60 Å². The van der Waals surface area contributed by atoms with E-state index >= 15 is 0 Å². The number of rotatable bonds is 4. The van der Waals surface area contributed by atoms with Gasteiger partial charge in [-0.1, -0.05) is 26.3 Å². The topological polar surface area (TPSA) is 33.1 Å². The van der Waals surface area contributed by atoms with Crippen molar-refractivity contribution in [1.29, 1.82) is 0 Å². The number of pyridine rings is 1. The van der Waals surface area contributed by atoms with Gasteiger partial charge < -0.3 is 5.11 Å². The fourth-order valence-corrected chi connectivity index (χ4v) is 2.91. The lowest BCUT2D eigenvalue weighted by atomic mass is 9.76. The van der Waals surface area contributed by atoms with Gasteiger partial charge in [-0.15, -0.1) is 0 Å². The number of hydrogen-bond acceptors (Lipinski definition) is 2. The molecule has 1 aromatic heterocycles. The van der Waals surface area contributed by atoms with Crippen molar-refractivity contribution in [3.8, 4) is 0 Å². The first-order chi connectivity index (χ1) is 8.65. The molecule has 0 atom stereocenters. The van der Waals surface area contributed by atoms with Gasteiger partial charge in [-0.3, -0.25) is 4.98 Å². The van der Waals surface area contributed by atoms with Crippen molar-refractivity contribution in [1.82, 2.24) is 4.98 Å². The largest absolute Gasteiger partial charge is 0.389 e. The minimum Gasteiger partial charge on any atom is -0.389 e. The number of aryl methyl sites for hydroxylation is 1. The van der Waals surface area contributed by atoms with Crippen LogP contribution in [-0.2, 0) is 12.8 Å². The van der Waals surface area contributed by atoms with Crippen molar-refractivity contribution < 1.29 is 5.11 Å². The Morgan fingerprint density at radius 1 is 1.28 bits per heavy atom. The second kappa shape index (κ2) is 5.83. The lowest BCUT2D eigenvalue weighted by Gasteiger charge is -2.35. The number of hydrogen-bond donors (Lipinski definition) is 1. The molecular weight excluding hydrogens is 222 g/mol. The normalized spacial score (nSPS) is 28.3. The summed E-state index contributed by atoms with van der Waals surface area (Å²) in [6.07, 6.45) is 9.13. The van der Waals surface area contributed by atoms with Gasteiger partial charge in [0.05, 0.1) is 5.60 Å². The first-order valence-electron chi connectivity index (χ1n) is 7.31. The van der Waals surface area contributed by atoms with Crippen molar-refractivity contribution in [2.45, 2.75) is 64.4 Å². The molecule has 0 bridgehead atoms. The van der Waals surface area contributed by atoms with E-state index in [-0.39, 0.29) is 0 Å². The van der Waals surface area contributed by atoms with Crippen LogP contribution in [0, 0.1) is 5.92 Å². The molecule has 100 valence electrons. The Labute approximate surface area is 110 Å². The molecule has 1 fully saturated rings. The van der Waals surface area contributed by atoms with Gasteiger partial charge in [-0.25, -0.2) is 0 Å². The van der Waals surface area contributed by atoms with Gasteiger partial charge in [0, 0.05) is 18.3 Å². The van der Waals surface area contributed by atoms with E-state index in [4.69, 9.17) is 0 Å². The van der Waals surface area contributed by atoms with Crippen LogP contribution in [0.1, 0.15) is 57.2 Å². The average molecular weight is 247 g/mol. The molecule has 1 N–H and O–H groups in total. The molecule has 0 aliphatic heterocycles. The first-order valence-corrected chi connectivity index (χ1v) is 7.31. The number of nitrogens with zero attached hydrogens (tertiary/aromatic N) is 1. The van der Waals surface area contributed by atoms with Gasteiger partial charge in [-0.2, -0.15) is 0 Å². The summed E-state index contributed by atoms with van der Waals surface area (Å²) in [6.45, 7) is 4.39. The highest BCUT2D eigenvalue weighted by Crippen LogP contribution is 2.35. The van der Waals surface area contributed by atoms with Gasteiger partial charge in [-0.05, 0) is 49.7 Å². The van der Waals surface area contributed by atoms with E-state index in [9.17, 15) is 5.11 Å². The SMILES string of the molecule is CCc1ccc(CC2(O)CCC(CC)CC2)nc1. The Bertz CT molecular complexity index is 363. The maximum absolute atomic E-state index is 10.6. The van der Waals surface area contributed by atoms with Crippen molar-refractivity contribution >= 4 is 0 Å². The lowest BCUT2D eigenvalue weighted by molar-refractivity contribution is -0.00997. The van der Waals surface area contributed by atoms with Crippen LogP contribution in [0.3, 0.4) is 0 Å². The lowest BCUT2D eigenvalue weighted by Crippen LogP contribution is -2.36. The fraction of sp³-hybridized carbons (Fsp3) is 0.688. The Balaban J connectivity index is 1.95. The van der Waals surface area contributed by atoms with Gasteiger partial charge in [0.15, 0.2) is 0 Å². The molecule has 0 saturated heterocycles. The van der Waals surface area contributed by atoms with E-state index in [0.717, 1.165) is 30.9 Å². The summed E-state index contributed by atoms with van der Waals surface area (Å²) in [6, 6.07) is 4.20. The summed E-state index contributed by atoms with van der Waals surface area (Å²) < 4.78 is 0. The Kier molecular flexibility index (Phi) is 4.39. The predicted octanol–water partition coefficient (Wildman–Crippen LogP) is 3.52. The van der Waals surface area contributed by atoms with Crippen molar-refractivity contribution in [3.05, 3.63) is 29.6 Å². The summed E-state index contributed by atoms with van der Waals surface area (Å²) in [7, 11) is 0. The molecule has 2 rings (SSSR count). The quantitative estimate of drug-likeness (QED) is 0.883. The second-order valence-corrected chi connectivity index (χ2v) is 5.76. The molecule has 2 nitrogen and oxygen atoms in total. The molecule has 1 aromatic rings. The van der Waals surface area contributed by atoms with Gasteiger partial charge >= 0.3 is 0 Å². The minimum atomic E-state index is -0.508. The third-order valence-electron chi connectivity index (χ3n) is 4.42. The van der Waals surface area contributed by atoms with Crippen LogP contribution in [0.5, 0.6) is 0 Å². The van der Waals surface area contributed by atoms with Crippen LogP contribution in [0.4, 0.5) is 0 Å². The smallest absolute Gasteiger partial charge is 0.0703 e. The third kappa shape index (κ3) is 3.32. The molecule has 1 aliphatic carbocycles. The summed E-state index contributed by atoms with van der Waals surface area (Å²) >= 11 is 0. The van der Waals surface area contributed by atoms with E-state index in [1.54, 1.807) is 0 Å². The monoisotopic (exact) mass is 247 g/mol. The molecule has 18 heavy (non-hydrogen) atoms. The van der Waals surface area contributed by atoms with Crippen LogP contribution in [0.25, 0.3) is 0 Å². The molecule has 2 heteroatoms. The summed E-state index contributed by atoms with van der Waals surface area (Å²) in [4.78, 5) is 4.47. The van der Waals surface area contributed by atoms with E-state index in [1.165, 1.54) is 24.8 Å². The average Bonchev–Trinajstić information content (AvgIpc) is 2.40. The molecule has 1 aliphatic rings. The molecule has 1 heterocycles. The van der Waals surface area contributed by atoms with Gasteiger partial charge in [0.25, 0.3) is 0 Å². The zero-order chi connectivity index (χ0) is 13.0. The van der Waals surface area contributed by atoms with Crippen molar-refractivity contribution in [2.24, 2.45) is 5.92 Å². The summed E-state index contributed by atoms with van der Waals surface area (Å²) in [5, 5.41) is 10.6.